The van der Waals surface area contributed by atoms with Gasteiger partial charge in [0.05, 0.1) is 11.5 Å². The first-order chi connectivity index (χ1) is 6.40. The van der Waals surface area contributed by atoms with Crippen LogP contribution in [0.1, 0.15) is 4.88 Å². The van der Waals surface area contributed by atoms with Crippen LogP contribution in [0, 0.1) is 0 Å². The van der Waals surface area contributed by atoms with Crippen molar-refractivity contribution in [1.82, 2.24) is 15.0 Å². The normalized spacial score (nSPS) is 10.2. The van der Waals surface area contributed by atoms with Crippen molar-refractivity contribution in [2.45, 2.75) is 6.61 Å². The number of aromatic nitrogens is 3. The average Bonchev–Trinajstić information content (AvgIpc) is 2.67. The van der Waals surface area contributed by atoms with Gasteiger partial charge >= 0.3 is 0 Å². The van der Waals surface area contributed by atoms with Crippen molar-refractivity contribution in [3.8, 4) is 10.7 Å². The Labute approximate surface area is 78.9 Å². The van der Waals surface area contributed by atoms with Gasteiger partial charge < -0.3 is 5.11 Å². The van der Waals surface area contributed by atoms with Crippen LogP contribution in [0.25, 0.3) is 10.7 Å². The highest BCUT2D eigenvalue weighted by molar-refractivity contribution is 7.14. The van der Waals surface area contributed by atoms with Crippen LogP contribution < -0.4 is 0 Å². The van der Waals surface area contributed by atoms with E-state index in [4.69, 9.17) is 5.11 Å². The topological polar surface area (TPSA) is 58.9 Å². The molecule has 13 heavy (non-hydrogen) atoms. The lowest BCUT2D eigenvalue weighted by Gasteiger charge is -1.90. The minimum Gasteiger partial charge on any atom is -0.391 e. The molecule has 2 aromatic heterocycles. The van der Waals surface area contributed by atoms with Crippen molar-refractivity contribution in [1.29, 1.82) is 0 Å². The Hall–Kier alpha value is -1.33. The standard InChI is InChI=1S/C8H7N3OS/c12-4-6-3-10-8(13-6)7-1-2-9-5-11-7/h1-3,5,12H,4H2. The van der Waals surface area contributed by atoms with Crippen molar-refractivity contribution in [2.75, 3.05) is 0 Å². The Morgan fingerprint density at radius 2 is 2.31 bits per heavy atom. The van der Waals surface area contributed by atoms with E-state index in [2.05, 4.69) is 15.0 Å². The van der Waals surface area contributed by atoms with E-state index in [1.54, 1.807) is 18.5 Å². The molecule has 0 amide bonds. The summed E-state index contributed by atoms with van der Waals surface area (Å²) in [7, 11) is 0. The zero-order chi connectivity index (χ0) is 9.10. The Morgan fingerprint density at radius 1 is 1.38 bits per heavy atom. The number of thiazole rings is 1. The second-order valence-corrected chi connectivity index (χ2v) is 3.50. The van der Waals surface area contributed by atoms with Crippen LogP contribution in [-0.4, -0.2) is 20.1 Å². The predicted molar refractivity (Wildman–Crippen MR) is 49.1 cm³/mol. The Bertz CT molecular complexity index is 387. The monoisotopic (exact) mass is 193 g/mol. The number of hydrogen-bond donors (Lipinski definition) is 1. The second-order valence-electron chi connectivity index (χ2n) is 2.38. The van der Waals surface area contributed by atoms with Gasteiger partial charge in [0.1, 0.15) is 17.0 Å². The molecular weight excluding hydrogens is 186 g/mol. The number of aliphatic hydroxyl groups excluding tert-OH is 1. The minimum absolute atomic E-state index is 0.0305. The van der Waals surface area contributed by atoms with E-state index in [1.807, 2.05) is 0 Å². The van der Waals surface area contributed by atoms with E-state index >= 15 is 0 Å². The maximum Gasteiger partial charge on any atom is 0.142 e. The molecule has 2 aromatic rings. The zero-order valence-corrected chi connectivity index (χ0v) is 7.53. The molecule has 4 nitrogen and oxygen atoms in total. The van der Waals surface area contributed by atoms with Crippen molar-refractivity contribution < 1.29 is 5.11 Å². The second kappa shape index (κ2) is 3.59. The lowest BCUT2D eigenvalue weighted by Crippen LogP contribution is -1.81. The summed E-state index contributed by atoms with van der Waals surface area (Å²) >= 11 is 1.43. The van der Waals surface area contributed by atoms with Gasteiger partial charge in [-0.1, -0.05) is 0 Å². The third kappa shape index (κ3) is 1.71. The molecule has 2 heterocycles. The zero-order valence-electron chi connectivity index (χ0n) is 6.71. The number of aliphatic hydroxyl groups is 1. The van der Waals surface area contributed by atoms with E-state index in [1.165, 1.54) is 17.7 Å². The van der Waals surface area contributed by atoms with Crippen LogP contribution in [0.15, 0.2) is 24.8 Å². The molecule has 0 aliphatic heterocycles. The van der Waals surface area contributed by atoms with Crippen molar-refractivity contribution in [2.24, 2.45) is 0 Å². The fourth-order valence-electron chi connectivity index (χ4n) is 0.916. The smallest absolute Gasteiger partial charge is 0.142 e. The Balaban J connectivity index is 2.36. The molecule has 0 unspecified atom stereocenters. The third-order valence-corrected chi connectivity index (χ3v) is 2.52. The molecule has 0 aromatic carbocycles. The summed E-state index contributed by atoms with van der Waals surface area (Å²) in [4.78, 5) is 12.8. The van der Waals surface area contributed by atoms with Crippen molar-refractivity contribution in [3.63, 3.8) is 0 Å². The molecule has 0 atom stereocenters. The molecule has 0 aliphatic rings. The molecule has 1 N–H and O–H groups in total. The molecule has 0 saturated carbocycles. The largest absolute Gasteiger partial charge is 0.391 e. The fraction of sp³-hybridized carbons (Fsp3) is 0.125. The van der Waals surface area contributed by atoms with Crippen LogP contribution in [0.3, 0.4) is 0 Å². The van der Waals surface area contributed by atoms with E-state index < -0.39 is 0 Å². The average molecular weight is 193 g/mol. The van der Waals surface area contributed by atoms with Crippen LogP contribution >= 0.6 is 11.3 Å². The van der Waals surface area contributed by atoms with Gasteiger partial charge in [-0.3, -0.25) is 0 Å². The number of rotatable bonds is 2. The van der Waals surface area contributed by atoms with Gasteiger partial charge in [0.2, 0.25) is 0 Å². The lowest BCUT2D eigenvalue weighted by atomic mass is 10.4. The predicted octanol–water partition coefficient (Wildman–Crippen LogP) is 1.09. The van der Waals surface area contributed by atoms with Gasteiger partial charge in [0.15, 0.2) is 0 Å². The van der Waals surface area contributed by atoms with Crippen LogP contribution in [-0.2, 0) is 6.61 Å². The molecule has 66 valence electrons. The first-order valence-electron chi connectivity index (χ1n) is 3.72. The van der Waals surface area contributed by atoms with Crippen LogP contribution in [0.4, 0.5) is 0 Å². The number of nitrogens with zero attached hydrogens (tertiary/aromatic N) is 3. The molecule has 0 bridgehead atoms. The first-order valence-corrected chi connectivity index (χ1v) is 4.54. The molecule has 5 heteroatoms. The van der Waals surface area contributed by atoms with Crippen molar-refractivity contribution >= 4 is 11.3 Å². The van der Waals surface area contributed by atoms with E-state index in [0.29, 0.717) is 0 Å². The van der Waals surface area contributed by atoms with E-state index in [9.17, 15) is 0 Å². The summed E-state index contributed by atoms with van der Waals surface area (Å²) in [6, 6.07) is 1.79. The summed E-state index contributed by atoms with van der Waals surface area (Å²) in [6.07, 6.45) is 4.81. The highest BCUT2D eigenvalue weighted by Gasteiger charge is 2.03. The number of hydrogen-bond acceptors (Lipinski definition) is 5. The Morgan fingerprint density at radius 3 is 2.92 bits per heavy atom. The first kappa shape index (κ1) is 8.28. The van der Waals surface area contributed by atoms with Crippen LogP contribution in [0.5, 0.6) is 0 Å². The quantitative estimate of drug-likeness (QED) is 0.775. The molecule has 0 spiro atoms. The molecule has 2 rings (SSSR count). The SMILES string of the molecule is OCc1cnc(-c2ccncn2)s1. The molecular formula is C8H7N3OS. The maximum atomic E-state index is 8.84. The minimum atomic E-state index is 0.0305. The fourth-order valence-corrected chi connectivity index (χ4v) is 1.67. The summed E-state index contributed by atoms with van der Waals surface area (Å²) in [5, 5.41) is 9.65. The summed E-state index contributed by atoms with van der Waals surface area (Å²) in [5.41, 5.74) is 0.791. The summed E-state index contributed by atoms with van der Waals surface area (Å²) in [5.74, 6) is 0. The summed E-state index contributed by atoms with van der Waals surface area (Å²) in [6.45, 7) is 0.0305. The van der Waals surface area contributed by atoms with Gasteiger partial charge in [0, 0.05) is 12.4 Å². The lowest BCUT2D eigenvalue weighted by molar-refractivity contribution is 0.285. The highest BCUT2D eigenvalue weighted by atomic mass is 32.1. The van der Waals surface area contributed by atoms with E-state index in [-0.39, 0.29) is 6.61 Å². The molecule has 0 aliphatic carbocycles. The molecule has 0 radical (unpaired) electrons. The van der Waals surface area contributed by atoms with Gasteiger partial charge in [-0.2, -0.15) is 0 Å². The molecule has 0 fully saturated rings. The van der Waals surface area contributed by atoms with Gasteiger partial charge in [-0.15, -0.1) is 11.3 Å². The highest BCUT2D eigenvalue weighted by Crippen LogP contribution is 2.22. The third-order valence-electron chi connectivity index (χ3n) is 1.51. The maximum absolute atomic E-state index is 8.84. The van der Waals surface area contributed by atoms with E-state index in [0.717, 1.165) is 15.6 Å². The molecule has 0 saturated heterocycles. The van der Waals surface area contributed by atoms with Gasteiger partial charge in [-0.25, -0.2) is 15.0 Å². The Kier molecular flexibility index (Phi) is 2.29. The van der Waals surface area contributed by atoms with Gasteiger partial charge in [0.25, 0.3) is 0 Å². The van der Waals surface area contributed by atoms with Gasteiger partial charge in [-0.05, 0) is 6.07 Å². The summed E-state index contributed by atoms with van der Waals surface area (Å²) < 4.78 is 0. The van der Waals surface area contributed by atoms with Crippen molar-refractivity contribution in [3.05, 3.63) is 29.7 Å². The van der Waals surface area contributed by atoms with Crippen LogP contribution in [0.2, 0.25) is 0 Å².